The molecule has 7 heteroatoms. The van der Waals surface area contributed by atoms with Gasteiger partial charge in [0.15, 0.2) is 11.5 Å². The number of hydrogen-bond donors (Lipinski definition) is 1. The maximum absolute atomic E-state index is 13.4. The van der Waals surface area contributed by atoms with E-state index >= 15 is 0 Å². The van der Waals surface area contributed by atoms with Crippen LogP contribution in [0.15, 0.2) is 78.4 Å². The lowest BCUT2D eigenvalue weighted by molar-refractivity contribution is -0.140. The van der Waals surface area contributed by atoms with Crippen molar-refractivity contribution in [2.45, 2.75) is 46.2 Å². The highest BCUT2D eigenvalue weighted by atomic mass is 16.5. The second-order valence-electron chi connectivity index (χ2n) is 10.2. The third kappa shape index (κ3) is 6.47. The summed E-state index contributed by atoms with van der Waals surface area (Å²) in [4.78, 5) is 28.3. The number of aliphatic hydroxyl groups excluding tert-OH is 1. The number of nitrogens with zero attached hydrogens (tertiary/aromatic N) is 1. The van der Waals surface area contributed by atoms with Gasteiger partial charge in [-0.3, -0.25) is 9.59 Å². The molecule has 1 saturated heterocycles. The Labute approximate surface area is 236 Å². The van der Waals surface area contributed by atoms with Gasteiger partial charge >= 0.3 is 0 Å². The van der Waals surface area contributed by atoms with Crippen molar-refractivity contribution in [1.29, 1.82) is 0 Å². The van der Waals surface area contributed by atoms with Gasteiger partial charge in [0, 0.05) is 12.1 Å². The summed E-state index contributed by atoms with van der Waals surface area (Å²) in [5.74, 6) is 0.582. The Kier molecular flexibility index (Phi) is 9.48. The zero-order valence-electron chi connectivity index (χ0n) is 23.6. The molecule has 1 aliphatic heterocycles. The molecule has 1 fully saturated rings. The smallest absolute Gasteiger partial charge is 0.295 e. The van der Waals surface area contributed by atoms with Crippen LogP contribution in [0.5, 0.6) is 17.2 Å². The molecule has 0 aromatic heterocycles. The summed E-state index contributed by atoms with van der Waals surface area (Å²) in [6.45, 7) is 7.60. The Morgan fingerprint density at radius 1 is 0.925 bits per heavy atom. The molecule has 0 aliphatic carbocycles. The van der Waals surface area contributed by atoms with E-state index in [2.05, 4.69) is 13.8 Å². The maximum atomic E-state index is 13.4. The molecule has 210 valence electrons. The molecule has 1 N–H and O–H groups in total. The number of amides is 1. The Morgan fingerprint density at radius 3 is 2.30 bits per heavy atom. The minimum Gasteiger partial charge on any atom is -0.507 e. The second kappa shape index (κ2) is 13.2. The number of carbonyl (C=O) groups excluding carboxylic acids is 2. The quantitative estimate of drug-likeness (QED) is 0.159. The summed E-state index contributed by atoms with van der Waals surface area (Å²) < 4.78 is 17.2. The molecule has 0 saturated carbocycles. The third-order valence-corrected chi connectivity index (χ3v) is 6.79. The Bertz CT molecular complexity index is 1350. The molecule has 7 nitrogen and oxygen atoms in total. The summed E-state index contributed by atoms with van der Waals surface area (Å²) in [5, 5.41) is 11.4. The molecule has 3 aromatic rings. The molecule has 1 aliphatic rings. The first-order chi connectivity index (χ1) is 19.3. The van der Waals surface area contributed by atoms with Gasteiger partial charge in [0.05, 0.1) is 31.9 Å². The molecule has 0 radical (unpaired) electrons. The van der Waals surface area contributed by atoms with E-state index in [4.69, 9.17) is 14.2 Å². The Balaban J connectivity index is 1.77. The molecular formula is C33H37NO6. The predicted octanol–water partition coefficient (Wildman–Crippen LogP) is 6.53. The van der Waals surface area contributed by atoms with E-state index in [-0.39, 0.29) is 17.9 Å². The highest BCUT2D eigenvalue weighted by Crippen LogP contribution is 2.43. The lowest BCUT2D eigenvalue weighted by Crippen LogP contribution is -2.29. The molecule has 1 atom stereocenters. The molecular weight excluding hydrogens is 506 g/mol. The lowest BCUT2D eigenvalue weighted by atomic mass is 9.94. The van der Waals surface area contributed by atoms with Crippen molar-refractivity contribution in [3.63, 3.8) is 0 Å². The summed E-state index contributed by atoms with van der Waals surface area (Å²) in [7, 11) is 1.55. The average Bonchev–Trinajstić information content (AvgIpc) is 3.21. The number of methoxy groups -OCH3 is 1. The third-order valence-electron chi connectivity index (χ3n) is 6.79. The predicted molar refractivity (Wildman–Crippen MR) is 154 cm³/mol. The Morgan fingerprint density at radius 2 is 1.65 bits per heavy atom. The van der Waals surface area contributed by atoms with Crippen LogP contribution in [-0.4, -0.2) is 42.0 Å². The Hall–Kier alpha value is -4.26. The largest absolute Gasteiger partial charge is 0.507 e. The first-order valence-corrected chi connectivity index (χ1v) is 13.7. The zero-order valence-corrected chi connectivity index (χ0v) is 23.6. The fourth-order valence-corrected chi connectivity index (χ4v) is 4.63. The van der Waals surface area contributed by atoms with E-state index in [1.54, 1.807) is 43.5 Å². The summed E-state index contributed by atoms with van der Waals surface area (Å²) in [6.07, 6.45) is 1.77. The molecule has 0 spiro atoms. The number of ketones is 1. The van der Waals surface area contributed by atoms with Crippen LogP contribution in [0.4, 0.5) is 0 Å². The number of benzene rings is 3. The van der Waals surface area contributed by atoms with Crippen molar-refractivity contribution in [2.24, 2.45) is 5.92 Å². The van der Waals surface area contributed by atoms with Crippen LogP contribution in [-0.2, 0) is 16.1 Å². The van der Waals surface area contributed by atoms with Gasteiger partial charge in [-0.05, 0) is 66.3 Å². The fourth-order valence-electron chi connectivity index (χ4n) is 4.63. The normalized spacial score (nSPS) is 16.4. The van der Waals surface area contributed by atoms with Crippen molar-refractivity contribution in [2.75, 3.05) is 20.3 Å². The van der Waals surface area contributed by atoms with Gasteiger partial charge in [-0.1, -0.05) is 57.2 Å². The summed E-state index contributed by atoms with van der Waals surface area (Å²) in [5.41, 5.74) is 1.95. The van der Waals surface area contributed by atoms with Gasteiger partial charge in [-0.25, -0.2) is 0 Å². The van der Waals surface area contributed by atoms with Gasteiger partial charge in [-0.2, -0.15) is 0 Å². The highest BCUT2D eigenvalue weighted by Gasteiger charge is 2.46. The number of rotatable bonds is 12. The van der Waals surface area contributed by atoms with Crippen LogP contribution in [0.2, 0.25) is 0 Å². The van der Waals surface area contributed by atoms with Gasteiger partial charge < -0.3 is 24.2 Å². The van der Waals surface area contributed by atoms with Crippen LogP contribution in [0.1, 0.15) is 56.3 Å². The van der Waals surface area contributed by atoms with Crippen LogP contribution >= 0.6 is 0 Å². The van der Waals surface area contributed by atoms with Gasteiger partial charge in [0.1, 0.15) is 11.5 Å². The SMILES string of the molecule is CCCOc1ccc(/C(O)=C2\C(=O)C(=O)N(Cc3ccccc3)C2c2ccc(OCCC(C)C)c(OC)c2)cc1. The maximum Gasteiger partial charge on any atom is 0.295 e. The zero-order chi connectivity index (χ0) is 28.6. The van der Waals surface area contributed by atoms with Crippen molar-refractivity contribution >= 4 is 17.4 Å². The average molecular weight is 544 g/mol. The minimum atomic E-state index is -0.824. The first kappa shape index (κ1) is 28.7. The number of ether oxygens (including phenoxy) is 3. The molecule has 3 aromatic carbocycles. The molecule has 40 heavy (non-hydrogen) atoms. The van der Waals surface area contributed by atoms with Crippen LogP contribution in [0, 0.1) is 5.92 Å². The van der Waals surface area contributed by atoms with Gasteiger partial charge in [0.25, 0.3) is 11.7 Å². The molecule has 1 heterocycles. The second-order valence-corrected chi connectivity index (χ2v) is 10.2. The topological polar surface area (TPSA) is 85.3 Å². The summed E-state index contributed by atoms with van der Waals surface area (Å²) >= 11 is 0. The number of carbonyl (C=O) groups is 2. The first-order valence-electron chi connectivity index (χ1n) is 13.7. The number of hydrogen-bond acceptors (Lipinski definition) is 6. The lowest BCUT2D eigenvalue weighted by Gasteiger charge is -2.26. The highest BCUT2D eigenvalue weighted by molar-refractivity contribution is 6.46. The van der Waals surface area contributed by atoms with E-state index < -0.39 is 17.7 Å². The van der Waals surface area contributed by atoms with Crippen molar-refractivity contribution in [3.8, 4) is 17.2 Å². The van der Waals surface area contributed by atoms with Crippen molar-refractivity contribution < 1.29 is 28.9 Å². The van der Waals surface area contributed by atoms with E-state index in [1.807, 2.05) is 43.3 Å². The standard InChI is InChI=1S/C33H37NO6/c1-5-18-39-26-14-11-24(12-15-26)31(35)29-30(34(33(37)32(29)36)21-23-9-7-6-8-10-23)25-13-16-27(28(20-25)38-4)40-19-17-22(2)3/h6-16,20,22,30,35H,5,17-19,21H2,1-4H3/b31-29+. The number of Topliss-reactive ketones (excluding diaryl/α,β-unsaturated/α-hetero) is 1. The van der Waals surface area contributed by atoms with Crippen LogP contribution < -0.4 is 14.2 Å². The van der Waals surface area contributed by atoms with Gasteiger partial charge in [-0.15, -0.1) is 0 Å². The number of aliphatic hydroxyl groups is 1. The van der Waals surface area contributed by atoms with Crippen molar-refractivity contribution in [3.05, 3.63) is 95.1 Å². The van der Waals surface area contributed by atoms with E-state index in [0.29, 0.717) is 47.5 Å². The monoisotopic (exact) mass is 543 g/mol. The molecule has 1 unspecified atom stereocenters. The molecule has 1 amide bonds. The number of likely N-dealkylation sites (tertiary alicyclic amines) is 1. The van der Waals surface area contributed by atoms with Crippen LogP contribution in [0.3, 0.4) is 0 Å². The fraction of sp³-hybridized carbons (Fsp3) is 0.333. The van der Waals surface area contributed by atoms with Crippen LogP contribution in [0.25, 0.3) is 5.76 Å². The molecule has 0 bridgehead atoms. The van der Waals surface area contributed by atoms with Gasteiger partial charge in [0.2, 0.25) is 0 Å². The minimum absolute atomic E-state index is 0.0266. The molecule has 4 rings (SSSR count). The van der Waals surface area contributed by atoms with E-state index in [1.165, 1.54) is 4.90 Å². The van der Waals surface area contributed by atoms with E-state index in [9.17, 15) is 14.7 Å². The summed E-state index contributed by atoms with van der Waals surface area (Å²) in [6, 6.07) is 20.9. The van der Waals surface area contributed by atoms with Crippen molar-refractivity contribution in [1.82, 2.24) is 4.90 Å². The van der Waals surface area contributed by atoms with E-state index in [0.717, 1.165) is 18.4 Å².